The summed E-state index contributed by atoms with van der Waals surface area (Å²) in [6.07, 6.45) is 0.896. The third-order valence-electron chi connectivity index (χ3n) is 2.46. The monoisotopic (exact) mass is 187 g/mol. The Labute approximate surface area is 80.4 Å². The van der Waals surface area contributed by atoms with Gasteiger partial charge in [-0.2, -0.15) is 0 Å². The van der Waals surface area contributed by atoms with Crippen molar-refractivity contribution >= 4 is 5.84 Å². The summed E-state index contributed by atoms with van der Waals surface area (Å²) in [4.78, 5) is 2.20. The van der Waals surface area contributed by atoms with Gasteiger partial charge in [0.2, 0.25) is 0 Å². The van der Waals surface area contributed by atoms with Gasteiger partial charge in [0.15, 0.2) is 0 Å². The molecule has 0 aromatic heterocycles. The molecule has 0 unspecified atom stereocenters. The smallest absolute Gasteiger partial charge is 0.144 e. The fourth-order valence-electron chi connectivity index (χ4n) is 0.892. The van der Waals surface area contributed by atoms with Gasteiger partial charge >= 0.3 is 0 Å². The summed E-state index contributed by atoms with van der Waals surface area (Å²) in [6, 6.07) is 0. The van der Waals surface area contributed by atoms with E-state index in [1.807, 2.05) is 13.8 Å². The lowest BCUT2D eigenvalue weighted by Gasteiger charge is -2.25. The standard InChI is InChI=1S/C9H21N3O/c1-5-12(4)7-6-9(2,3)8(10)11-13/h13H,5-7H2,1-4H3,(H2,10,11). The summed E-state index contributed by atoms with van der Waals surface area (Å²) >= 11 is 0. The molecule has 4 nitrogen and oxygen atoms in total. The highest BCUT2D eigenvalue weighted by atomic mass is 16.4. The van der Waals surface area contributed by atoms with Crippen LogP contribution in [0.5, 0.6) is 0 Å². The van der Waals surface area contributed by atoms with Crippen molar-refractivity contribution in [3.8, 4) is 0 Å². The zero-order chi connectivity index (χ0) is 10.5. The zero-order valence-electron chi connectivity index (χ0n) is 9.04. The molecule has 0 aliphatic carbocycles. The molecular formula is C9H21N3O. The minimum absolute atomic E-state index is 0.224. The Morgan fingerprint density at radius 1 is 1.54 bits per heavy atom. The molecule has 0 heterocycles. The Kier molecular flexibility index (Phi) is 4.77. The quantitative estimate of drug-likeness (QED) is 0.293. The first-order chi connectivity index (χ1) is 5.94. The van der Waals surface area contributed by atoms with E-state index in [-0.39, 0.29) is 5.41 Å². The number of rotatable bonds is 5. The first-order valence-electron chi connectivity index (χ1n) is 4.60. The lowest BCUT2D eigenvalue weighted by Crippen LogP contribution is -2.35. The molecule has 0 rings (SSSR count). The average molecular weight is 187 g/mol. The first kappa shape index (κ1) is 12.2. The van der Waals surface area contributed by atoms with E-state index >= 15 is 0 Å². The van der Waals surface area contributed by atoms with E-state index in [0.29, 0.717) is 5.84 Å². The molecule has 0 saturated heterocycles. The number of hydrogen-bond donors (Lipinski definition) is 2. The van der Waals surface area contributed by atoms with Crippen molar-refractivity contribution in [1.29, 1.82) is 0 Å². The minimum atomic E-state index is -0.224. The van der Waals surface area contributed by atoms with Crippen molar-refractivity contribution in [3.63, 3.8) is 0 Å². The number of hydrogen-bond acceptors (Lipinski definition) is 3. The highest BCUT2D eigenvalue weighted by Crippen LogP contribution is 2.20. The molecule has 0 amide bonds. The molecule has 0 spiro atoms. The SMILES string of the molecule is CCN(C)CCC(C)(C)C(N)=NO. The van der Waals surface area contributed by atoms with Crippen LogP contribution in [-0.2, 0) is 0 Å². The molecule has 0 fully saturated rings. The Morgan fingerprint density at radius 3 is 2.46 bits per heavy atom. The maximum Gasteiger partial charge on any atom is 0.144 e. The molecule has 0 bridgehead atoms. The topological polar surface area (TPSA) is 61.8 Å². The minimum Gasteiger partial charge on any atom is -0.409 e. The van der Waals surface area contributed by atoms with Gasteiger partial charge in [-0.1, -0.05) is 25.9 Å². The van der Waals surface area contributed by atoms with Gasteiger partial charge in [0.25, 0.3) is 0 Å². The van der Waals surface area contributed by atoms with Gasteiger partial charge in [-0.3, -0.25) is 0 Å². The fraction of sp³-hybridized carbons (Fsp3) is 0.889. The van der Waals surface area contributed by atoms with E-state index in [4.69, 9.17) is 10.9 Å². The normalized spacial score (nSPS) is 13.8. The molecule has 13 heavy (non-hydrogen) atoms. The van der Waals surface area contributed by atoms with Crippen LogP contribution in [-0.4, -0.2) is 36.1 Å². The number of amidine groups is 1. The Hall–Kier alpha value is -0.770. The Balaban J connectivity index is 4.03. The summed E-state index contributed by atoms with van der Waals surface area (Å²) in [6.45, 7) is 8.04. The summed E-state index contributed by atoms with van der Waals surface area (Å²) in [5.41, 5.74) is 5.34. The predicted molar refractivity (Wildman–Crippen MR) is 55.0 cm³/mol. The second kappa shape index (κ2) is 5.07. The molecule has 0 aliphatic rings. The molecule has 3 N–H and O–H groups in total. The zero-order valence-corrected chi connectivity index (χ0v) is 9.04. The molecule has 0 saturated carbocycles. The van der Waals surface area contributed by atoms with E-state index in [1.54, 1.807) is 0 Å². The van der Waals surface area contributed by atoms with Gasteiger partial charge in [0.1, 0.15) is 5.84 Å². The van der Waals surface area contributed by atoms with Crippen molar-refractivity contribution in [2.75, 3.05) is 20.1 Å². The highest BCUT2D eigenvalue weighted by Gasteiger charge is 2.23. The van der Waals surface area contributed by atoms with Crippen LogP contribution in [0.1, 0.15) is 27.2 Å². The van der Waals surface area contributed by atoms with Gasteiger partial charge in [0, 0.05) is 5.41 Å². The third kappa shape index (κ3) is 4.12. The van der Waals surface area contributed by atoms with Crippen LogP contribution in [0.4, 0.5) is 0 Å². The summed E-state index contributed by atoms with van der Waals surface area (Å²) < 4.78 is 0. The Bertz CT molecular complexity index is 178. The average Bonchev–Trinajstić information content (AvgIpc) is 2.12. The van der Waals surface area contributed by atoms with Crippen LogP contribution in [0.2, 0.25) is 0 Å². The lowest BCUT2D eigenvalue weighted by atomic mass is 9.88. The van der Waals surface area contributed by atoms with Gasteiger partial charge < -0.3 is 15.8 Å². The first-order valence-corrected chi connectivity index (χ1v) is 4.60. The summed E-state index contributed by atoms with van der Waals surface area (Å²) in [7, 11) is 2.06. The molecule has 0 atom stereocenters. The summed E-state index contributed by atoms with van der Waals surface area (Å²) in [5, 5.41) is 11.6. The van der Waals surface area contributed by atoms with E-state index in [9.17, 15) is 0 Å². The van der Waals surface area contributed by atoms with Crippen LogP contribution >= 0.6 is 0 Å². The van der Waals surface area contributed by atoms with Crippen LogP contribution in [0, 0.1) is 5.41 Å². The second-order valence-electron chi connectivity index (χ2n) is 4.02. The number of nitrogens with zero attached hydrogens (tertiary/aromatic N) is 2. The van der Waals surface area contributed by atoms with Crippen LogP contribution in [0.15, 0.2) is 5.16 Å². The van der Waals surface area contributed by atoms with E-state index in [0.717, 1.165) is 19.5 Å². The largest absolute Gasteiger partial charge is 0.409 e. The van der Waals surface area contributed by atoms with E-state index in [2.05, 4.69) is 24.0 Å². The molecule has 4 heteroatoms. The number of oxime groups is 1. The molecule has 78 valence electrons. The Morgan fingerprint density at radius 2 is 2.08 bits per heavy atom. The maximum atomic E-state index is 8.54. The van der Waals surface area contributed by atoms with Crippen molar-refractivity contribution in [2.45, 2.75) is 27.2 Å². The summed E-state index contributed by atoms with van der Waals surface area (Å²) in [5.74, 6) is 0.303. The highest BCUT2D eigenvalue weighted by molar-refractivity contribution is 5.85. The molecule has 0 aromatic rings. The molecular weight excluding hydrogens is 166 g/mol. The van der Waals surface area contributed by atoms with E-state index < -0.39 is 0 Å². The molecule has 0 radical (unpaired) electrons. The second-order valence-corrected chi connectivity index (χ2v) is 4.02. The van der Waals surface area contributed by atoms with Crippen molar-refractivity contribution in [1.82, 2.24) is 4.90 Å². The maximum absolute atomic E-state index is 8.54. The predicted octanol–water partition coefficient (Wildman–Crippen LogP) is 1.10. The fourth-order valence-corrected chi connectivity index (χ4v) is 0.892. The van der Waals surface area contributed by atoms with Crippen molar-refractivity contribution in [3.05, 3.63) is 0 Å². The van der Waals surface area contributed by atoms with Crippen molar-refractivity contribution in [2.24, 2.45) is 16.3 Å². The van der Waals surface area contributed by atoms with Crippen LogP contribution in [0.3, 0.4) is 0 Å². The van der Waals surface area contributed by atoms with Gasteiger partial charge in [-0.15, -0.1) is 0 Å². The lowest BCUT2D eigenvalue weighted by molar-refractivity contribution is 0.283. The van der Waals surface area contributed by atoms with Crippen LogP contribution in [0.25, 0.3) is 0 Å². The van der Waals surface area contributed by atoms with Crippen molar-refractivity contribution < 1.29 is 5.21 Å². The number of nitrogens with two attached hydrogens (primary N) is 1. The van der Waals surface area contributed by atoms with Gasteiger partial charge in [-0.05, 0) is 26.6 Å². The van der Waals surface area contributed by atoms with Gasteiger partial charge in [0.05, 0.1) is 0 Å². The molecule has 0 aliphatic heterocycles. The van der Waals surface area contributed by atoms with Gasteiger partial charge in [-0.25, -0.2) is 0 Å². The van der Waals surface area contributed by atoms with Crippen LogP contribution < -0.4 is 5.73 Å². The third-order valence-corrected chi connectivity index (χ3v) is 2.46. The molecule has 0 aromatic carbocycles. The van der Waals surface area contributed by atoms with E-state index in [1.165, 1.54) is 0 Å².